The molecule has 4 N–H and O–H groups in total. The molecule has 3 rings (SSSR count). The standard InChI is InChI=1S/C24H29ClFN3O5/c1-14(18-10-17(11-26)27-12-21(18)34-2)29-20-4-3-16(9-19(20)25)22(30)28-13-24(33)7-5-15(6-8-24)23(31)32/h3-4,9-10,12,14-15,29,33H,5-8,11,13H2,1-2H3,(H,28,30)(H,31,32). The summed E-state index contributed by atoms with van der Waals surface area (Å²) < 4.78 is 18.4. The van der Waals surface area contributed by atoms with E-state index >= 15 is 0 Å². The molecule has 0 bridgehead atoms. The minimum Gasteiger partial charge on any atom is -0.495 e. The minimum absolute atomic E-state index is 0.0333. The summed E-state index contributed by atoms with van der Waals surface area (Å²) in [5.41, 5.74) is 0.795. The number of methoxy groups -OCH3 is 1. The summed E-state index contributed by atoms with van der Waals surface area (Å²) in [6.07, 6.45) is 2.85. The van der Waals surface area contributed by atoms with E-state index in [1.807, 2.05) is 6.92 Å². The number of hydrogen-bond acceptors (Lipinski definition) is 6. The molecule has 1 aromatic carbocycles. The van der Waals surface area contributed by atoms with Gasteiger partial charge in [-0.25, -0.2) is 4.39 Å². The average Bonchev–Trinajstić information content (AvgIpc) is 2.83. The van der Waals surface area contributed by atoms with Crippen molar-refractivity contribution in [2.45, 2.75) is 50.9 Å². The fourth-order valence-corrected chi connectivity index (χ4v) is 4.33. The van der Waals surface area contributed by atoms with E-state index in [2.05, 4.69) is 15.6 Å². The zero-order valence-corrected chi connectivity index (χ0v) is 19.9. The Morgan fingerprint density at radius 2 is 2.03 bits per heavy atom. The highest BCUT2D eigenvalue weighted by atomic mass is 35.5. The zero-order chi connectivity index (χ0) is 24.9. The highest BCUT2D eigenvalue weighted by molar-refractivity contribution is 6.33. The second kappa shape index (κ2) is 11.0. The van der Waals surface area contributed by atoms with Gasteiger partial charge in [0.15, 0.2) is 0 Å². The van der Waals surface area contributed by atoms with Crippen molar-refractivity contribution in [3.63, 3.8) is 0 Å². The molecule has 1 amide bonds. The Morgan fingerprint density at radius 3 is 2.62 bits per heavy atom. The van der Waals surface area contributed by atoms with E-state index in [4.69, 9.17) is 21.4 Å². The van der Waals surface area contributed by atoms with Crippen molar-refractivity contribution in [3.8, 4) is 5.75 Å². The number of pyridine rings is 1. The summed E-state index contributed by atoms with van der Waals surface area (Å²) in [7, 11) is 1.51. The van der Waals surface area contributed by atoms with Crippen LogP contribution in [0.5, 0.6) is 5.75 Å². The van der Waals surface area contributed by atoms with Crippen LogP contribution in [0, 0.1) is 5.92 Å². The fourth-order valence-electron chi connectivity index (χ4n) is 4.10. The summed E-state index contributed by atoms with van der Waals surface area (Å²) in [6.45, 7) is 1.21. The predicted octanol–water partition coefficient (Wildman–Crippen LogP) is 4.12. The molecular weight excluding hydrogens is 465 g/mol. The number of carboxylic acid groups (broad SMARTS) is 1. The van der Waals surface area contributed by atoms with E-state index in [9.17, 15) is 19.1 Å². The predicted molar refractivity (Wildman–Crippen MR) is 126 cm³/mol. The Labute approximate surface area is 202 Å². The smallest absolute Gasteiger partial charge is 0.306 e. The highest BCUT2D eigenvalue weighted by Crippen LogP contribution is 2.33. The Kier molecular flexibility index (Phi) is 8.33. The van der Waals surface area contributed by atoms with Crippen molar-refractivity contribution in [3.05, 3.63) is 52.3 Å². The van der Waals surface area contributed by atoms with Gasteiger partial charge < -0.3 is 25.6 Å². The van der Waals surface area contributed by atoms with Gasteiger partial charge in [-0.3, -0.25) is 14.6 Å². The second-order valence-electron chi connectivity index (χ2n) is 8.63. The molecule has 1 aliphatic rings. The van der Waals surface area contributed by atoms with Crippen LogP contribution in [0.3, 0.4) is 0 Å². The van der Waals surface area contributed by atoms with E-state index in [-0.39, 0.29) is 12.6 Å². The molecule has 0 radical (unpaired) electrons. The number of nitrogens with zero attached hydrogens (tertiary/aromatic N) is 1. The lowest BCUT2D eigenvalue weighted by Crippen LogP contribution is -2.46. The van der Waals surface area contributed by atoms with Gasteiger partial charge in [-0.2, -0.15) is 0 Å². The maximum Gasteiger partial charge on any atom is 0.306 e. The number of ether oxygens (including phenoxy) is 1. The van der Waals surface area contributed by atoms with Gasteiger partial charge in [-0.05, 0) is 56.9 Å². The monoisotopic (exact) mass is 493 g/mol. The van der Waals surface area contributed by atoms with Gasteiger partial charge in [-0.1, -0.05) is 11.6 Å². The molecule has 1 fully saturated rings. The van der Waals surface area contributed by atoms with E-state index < -0.39 is 30.1 Å². The molecular formula is C24H29ClFN3O5. The molecule has 1 unspecified atom stereocenters. The Morgan fingerprint density at radius 1 is 1.32 bits per heavy atom. The third-order valence-electron chi connectivity index (χ3n) is 6.22. The number of aromatic nitrogens is 1. The molecule has 1 heterocycles. The summed E-state index contributed by atoms with van der Waals surface area (Å²) in [4.78, 5) is 27.7. The van der Waals surface area contributed by atoms with Gasteiger partial charge in [0.1, 0.15) is 12.4 Å². The van der Waals surface area contributed by atoms with Gasteiger partial charge in [-0.15, -0.1) is 0 Å². The van der Waals surface area contributed by atoms with Crippen LogP contribution in [-0.4, -0.2) is 46.3 Å². The number of hydrogen-bond donors (Lipinski definition) is 4. The largest absolute Gasteiger partial charge is 0.495 e. The quantitative estimate of drug-likeness (QED) is 0.414. The first kappa shape index (κ1) is 25.7. The Hall–Kier alpha value is -2.91. The van der Waals surface area contributed by atoms with Gasteiger partial charge in [0.2, 0.25) is 0 Å². The number of benzene rings is 1. The number of nitrogens with one attached hydrogen (secondary N) is 2. The van der Waals surface area contributed by atoms with Crippen LogP contribution in [0.2, 0.25) is 5.02 Å². The average molecular weight is 494 g/mol. The van der Waals surface area contributed by atoms with Gasteiger partial charge >= 0.3 is 5.97 Å². The molecule has 8 nitrogen and oxygen atoms in total. The summed E-state index contributed by atoms with van der Waals surface area (Å²) in [5, 5.41) is 26.0. The lowest BCUT2D eigenvalue weighted by Gasteiger charge is -2.34. The van der Waals surface area contributed by atoms with Crippen LogP contribution >= 0.6 is 11.6 Å². The van der Waals surface area contributed by atoms with E-state index in [1.165, 1.54) is 19.4 Å². The SMILES string of the molecule is COc1cnc(CF)cc1C(C)Nc1ccc(C(=O)NCC2(O)CCC(C(=O)O)CC2)cc1Cl. The first-order valence-corrected chi connectivity index (χ1v) is 11.4. The lowest BCUT2D eigenvalue weighted by molar-refractivity contribution is -0.144. The second-order valence-corrected chi connectivity index (χ2v) is 9.04. The number of carboxylic acids is 1. The fraction of sp³-hybridized carbons (Fsp3) is 0.458. The van der Waals surface area contributed by atoms with Crippen molar-refractivity contribution in [1.29, 1.82) is 0 Å². The van der Waals surface area contributed by atoms with E-state index in [0.717, 1.165) is 0 Å². The molecule has 1 atom stereocenters. The van der Waals surface area contributed by atoms with Crippen LogP contribution in [0.25, 0.3) is 0 Å². The van der Waals surface area contributed by atoms with Gasteiger partial charge in [0.05, 0.1) is 47.3 Å². The number of halogens is 2. The topological polar surface area (TPSA) is 121 Å². The van der Waals surface area contributed by atoms with Crippen molar-refractivity contribution >= 4 is 29.2 Å². The molecule has 1 saturated carbocycles. The van der Waals surface area contributed by atoms with Gasteiger partial charge in [0.25, 0.3) is 5.91 Å². The molecule has 0 aliphatic heterocycles. The number of amides is 1. The maximum atomic E-state index is 13.0. The molecule has 0 spiro atoms. The van der Waals surface area contributed by atoms with Crippen LogP contribution < -0.4 is 15.4 Å². The Bertz CT molecular complexity index is 1040. The first-order chi connectivity index (χ1) is 16.2. The summed E-state index contributed by atoms with van der Waals surface area (Å²) in [6, 6.07) is 6.15. The third kappa shape index (κ3) is 6.15. The molecule has 184 valence electrons. The van der Waals surface area contributed by atoms with Crippen molar-refractivity contribution in [2.24, 2.45) is 5.92 Å². The molecule has 0 saturated heterocycles. The van der Waals surface area contributed by atoms with Crippen molar-refractivity contribution in [2.75, 3.05) is 19.0 Å². The van der Waals surface area contributed by atoms with Crippen molar-refractivity contribution in [1.82, 2.24) is 10.3 Å². The zero-order valence-electron chi connectivity index (χ0n) is 19.1. The van der Waals surface area contributed by atoms with E-state index in [1.54, 1.807) is 18.2 Å². The third-order valence-corrected chi connectivity index (χ3v) is 6.54. The number of aliphatic hydroxyl groups is 1. The Balaban J connectivity index is 1.62. The van der Waals surface area contributed by atoms with Crippen LogP contribution in [0.15, 0.2) is 30.5 Å². The molecule has 10 heteroatoms. The number of carbonyl (C=O) groups is 2. The van der Waals surface area contributed by atoms with Crippen LogP contribution in [-0.2, 0) is 11.5 Å². The number of rotatable bonds is 9. The number of alkyl halides is 1. The molecule has 34 heavy (non-hydrogen) atoms. The highest BCUT2D eigenvalue weighted by Gasteiger charge is 2.36. The maximum absolute atomic E-state index is 13.0. The summed E-state index contributed by atoms with van der Waals surface area (Å²) in [5.74, 6) is -1.18. The lowest BCUT2D eigenvalue weighted by atomic mass is 9.79. The summed E-state index contributed by atoms with van der Waals surface area (Å²) >= 11 is 6.41. The first-order valence-electron chi connectivity index (χ1n) is 11.0. The normalized spacial score (nSPS) is 20.9. The number of carbonyl (C=O) groups excluding carboxylic acids is 1. The minimum atomic E-state index is -1.12. The molecule has 1 aliphatic carbocycles. The van der Waals surface area contributed by atoms with Gasteiger partial charge in [0, 0.05) is 17.7 Å². The van der Waals surface area contributed by atoms with Crippen LogP contribution in [0.4, 0.5) is 10.1 Å². The molecule has 2 aromatic rings. The molecule has 1 aromatic heterocycles. The van der Waals surface area contributed by atoms with Crippen LogP contribution in [0.1, 0.15) is 60.3 Å². The van der Waals surface area contributed by atoms with Crippen molar-refractivity contribution < 1.29 is 28.9 Å². The number of anilines is 1. The van der Waals surface area contributed by atoms with E-state index in [0.29, 0.717) is 59.0 Å². The number of aliphatic carboxylic acids is 1.